The second-order valence-corrected chi connectivity index (χ2v) is 46.9. The second kappa shape index (κ2) is 35.5. The molecule has 0 saturated carbocycles. The summed E-state index contributed by atoms with van der Waals surface area (Å²) in [6, 6.07) is 1.42. The van der Waals surface area contributed by atoms with Gasteiger partial charge in [0.05, 0.1) is 0 Å². The molecule has 0 aromatic heterocycles. The summed E-state index contributed by atoms with van der Waals surface area (Å²) in [5, 5.41) is 7.43. The topological polar surface area (TPSA) is 40.3 Å². The van der Waals surface area contributed by atoms with E-state index in [1.165, 1.54) is 149 Å². The summed E-state index contributed by atoms with van der Waals surface area (Å²) in [5.74, 6) is 6.18. The third kappa shape index (κ3) is 34.7. The molecule has 7 heteroatoms. The van der Waals surface area contributed by atoms with Crippen LogP contribution in [0.4, 0.5) is 0 Å². The molecule has 570 valence electrons. The average molecular weight is 1340 g/mol. The minimum Gasteiger partial charge on any atom is -0.313 e. The molecule has 0 aromatic rings. The number of hydrogen-bond donors (Lipinski definition) is 2. The number of likely N-dealkylation sites (tertiary alicyclic amines) is 5. The first kappa shape index (κ1) is 92.7. The van der Waals surface area contributed by atoms with E-state index in [0.717, 1.165) is 41.4 Å². The highest BCUT2D eigenvalue weighted by molar-refractivity contribution is 4.95. The Morgan fingerprint density at radius 1 is 0.179 bits per heavy atom. The maximum absolute atomic E-state index is 3.72. The smallest absolute Gasteiger partial charge is 0.0125 e. The molecule has 0 amide bonds. The summed E-state index contributed by atoms with van der Waals surface area (Å²) >= 11 is 0. The molecule has 7 saturated heterocycles. The van der Waals surface area contributed by atoms with E-state index in [4.69, 9.17) is 0 Å². The quantitative estimate of drug-likeness (QED) is 0.250. The summed E-state index contributed by atoms with van der Waals surface area (Å²) in [7, 11) is 0. The lowest BCUT2D eigenvalue weighted by Gasteiger charge is -2.44. The molecule has 7 rings (SSSR count). The van der Waals surface area contributed by atoms with Gasteiger partial charge in [0.1, 0.15) is 0 Å². The molecule has 0 spiro atoms. The van der Waals surface area contributed by atoms with Crippen LogP contribution in [0, 0.1) is 90.2 Å². The molecule has 0 radical (unpaired) electrons. The SMILES string of the molecule is CC(C)(C)C1CCC(C(C)(C)C)NC1.CC(C)(C)C1CCC(C(C)(C)C)NC1.CC(C)(C)C1CCN(C(C)(C)C)C1.CC(C)(C)C1CCN(C(C)(C)C)C1.CC(C)(C)C1CCN(C(C)(C)C)C1.CC(C)(C)C1CCN(C(C)(C)C)CC1.CC(C)(C)C1CCN(C(C)(C)C)CC1. The highest BCUT2D eigenvalue weighted by Crippen LogP contribution is 2.42. The molecule has 95 heavy (non-hydrogen) atoms. The third-order valence-electron chi connectivity index (χ3n) is 24.8. The van der Waals surface area contributed by atoms with Crippen LogP contribution >= 0.6 is 0 Å². The van der Waals surface area contributed by atoms with Gasteiger partial charge in [-0.25, -0.2) is 0 Å². The molecule has 7 aliphatic rings. The monoisotopic (exact) mass is 1340 g/mol. The van der Waals surface area contributed by atoms with Crippen LogP contribution in [-0.2, 0) is 0 Å². The van der Waals surface area contributed by atoms with Crippen molar-refractivity contribution < 1.29 is 0 Å². The molecule has 0 aliphatic carbocycles. The van der Waals surface area contributed by atoms with Crippen LogP contribution < -0.4 is 10.6 Å². The number of nitrogens with one attached hydrogen (secondary N) is 2. The zero-order valence-corrected chi connectivity index (χ0v) is 73.7. The zero-order chi connectivity index (χ0) is 74.8. The number of piperidine rings is 4. The van der Waals surface area contributed by atoms with Gasteiger partial charge in [-0.05, 0) is 324 Å². The van der Waals surface area contributed by atoms with Gasteiger partial charge in [-0.15, -0.1) is 0 Å². The van der Waals surface area contributed by atoms with Crippen LogP contribution in [0.15, 0.2) is 0 Å². The Labute approximate surface area is 601 Å². The molecule has 7 nitrogen and oxygen atoms in total. The standard InChI is InChI=1S/4C13H27N.3C12H25N/c2*1-12(2,3)11-7-9-14(10-8-11)13(4,5)6;2*1-12(2,3)10-7-8-11(14-9-10)13(4,5)6;3*1-11(2,3)10-7-8-13(9-10)12(4,5)6/h2*11H,7-10H2,1-6H3;2*10-11,14H,7-9H2,1-6H3;3*10H,7-9H2,1-6H3. The number of hydrogen-bond acceptors (Lipinski definition) is 7. The first-order valence-corrected chi connectivity index (χ1v) is 40.2. The van der Waals surface area contributed by atoms with Crippen molar-refractivity contribution in [2.45, 2.75) is 401 Å². The van der Waals surface area contributed by atoms with Crippen LogP contribution in [0.3, 0.4) is 0 Å². The summed E-state index contributed by atoms with van der Waals surface area (Å²) in [6.45, 7) is 114. The highest BCUT2D eigenvalue weighted by Gasteiger charge is 2.41. The Morgan fingerprint density at radius 2 is 0.347 bits per heavy atom. The third-order valence-corrected chi connectivity index (χ3v) is 24.8. The molecule has 7 unspecified atom stereocenters. The predicted octanol–water partition coefficient (Wildman–Crippen LogP) is 23.4. The van der Waals surface area contributed by atoms with Gasteiger partial charge < -0.3 is 10.6 Å². The van der Waals surface area contributed by atoms with E-state index in [1.54, 1.807) is 0 Å². The molecular weight excluding hydrogens is 1160 g/mol. The van der Waals surface area contributed by atoms with E-state index < -0.39 is 0 Å². The van der Waals surface area contributed by atoms with Crippen molar-refractivity contribution in [2.75, 3.05) is 78.5 Å². The molecule has 7 atom stereocenters. The summed E-state index contributed by atoms with van der Waals surface area (Å²) in [4.78, 5) is 13.1. The van der Waals surface area contributed by atoms with Crippen molar-refractivity contribution in [1.29, 1.82) is 0 Å². The van der Waals surface area contributed by atoms with Crippen molar-refractivity contribution in [3.8, 4) is 0 Å². The fourth-order valence-electron chi connectivity index (χ4n) is 15.7. The number of rotatable bonds is 0. The summed E-state index contributed by atoms with van der Waals surface area (Å²) < 4.78 is 0. The van der Waals surface area contributed by atoms with Gasteiger partial charge in [0.25, 0.3) is 0 Å². The fraction of sp³-hybridized carbons (Fsp3) is 1.00. The molecular formula is C88H183N7. The van der Waals surface area contributed by atoms with E-state index in [2.05, 4.69) is 326 Å². The van der Waals surface area contributed by atoms with Crippen molar-refractivity contribution in [3.05, 3.63) is 0 Å². The Bertz CT molecular complexity index is 1630. The van der Waals surface area contributed by atoms with Crippen LogP contribution in [0.5, 0.6) is 0 Å². The van der Waals surface area contributed by atoms with Gasteiger partial charge >= 0.3 is 0 Å². The zero-order valence-electron chi connectivity index (χ0n) is 73.7. The Kier molecular flexibility index (Phi) is 34.6. The molecule has 7 aliphatic heterocycles. The normalized spacial score (nSPS) is 26.7. The van der Waals surface area contributed by atoms with E-state index in [0.29, 0.717) is 88.5 Å². The minimum absolute atomic E-state index is 0.361. The molecule has 7 fully saturated rings. The van der Waals surface area contributed by atoms with Crippen LogP contribution in [0.25, 0.3) is 0 Å². The van der Waals surface area contributed by atoms with Crippen LogP contribution in [-0.4, -0.2) is 143 Å². The Morgan fingerprint density at radius 3 is 0.463 bits per heavy atom. The van der Waals surface area contributed by atoms with Crippen molar-refractivity contribution in [2.24, 2.45) is 90.2 Å². The van der Waals surface area contributed by atoms with E-state index in [9.17, 15) is 0 Å². The number of nitrogens with zero attached hydrogens (tertiary/aromatic N) is 5. The molecule has 0 aromatic carbocycles. The van der Waals surface area contributed by atoms with Gasteiger partial charge in [0, 0.05) is 59.4 Å². The lowest BCUT2D eigenvalue weighted by Crippen LogP contribution is -2.48. The average Bonchev–Trinajstić information content (AvgIpc) is 1.77. The molecule has 2 N–H and O–H groups in total. The minimum atomic E-state index is 0.361. The van der Waals surface area contributed by atoms with Crippen molar-refractivity contribution >= 4 is 0 Å². The van der Waals surface area contributed by atoms with Crippen LogP contribution in [0.2, 0.25) is 0 Å². The maximum atomic E-state index is 3.72. The van der Waals surface area contributed by atoms with Gasteiger partial charge in [-0.2, -0.15) is 0 Å². The largest absolute Gasteiger partial charge is 0.313 e. The van der Waals surface area contributed by atoms with E-state index in [1.807, 2.05) is 0 Å². The first-order valence-electron chi connectivity index (χ1n) is 40.2. The lowest BCUT2D eigenvalue weighted by molar-refractivity contribution is 0.0532. The Balaban J connectivity index is 0.000000554. The second-order valence-electron chi connectivity index (χ2n) is 46.9. The van der Waals surface area contributed by atoms with E-state index in [-0.39, 0.29) is 0 Å². The van der Waals surface area contributed by atoms with Crippen LogP contribution in [0.1, 0.15) is 361 Å². The lowest BCUT2D eigenvalue weighted by atomic mass is 9.72. The van der Waals surface area contributed by atoms with Gasteiger partial charge in [0.2, 0.25) is 0 Å². The first-order chi connectivity index (χ1) is 42.0. The molecule has 7 heterocycles. The summed E-state index contributed by atoms with van der Waals surface area (Å²) in [5.41, 5.74) is 6.05. The Hall–Kier alpha value is -0.280. The van der Waals surface area contributed by atoms with E-state index >= 15 is 0 Å². The maximum Gasteiger partial charge on any atom is 0.0125 e. The highest BCUT2D eigenvalue weighted by atomic mass is 15.2. The van der Waals surface area contributed by atoms with Crippen molar-refractivity contribution in [1.82, 2.24) is 35.1 Å². The van der Waals surface area contributed by atoms with Gasteiger partial charge in [-0.1, -0.05) is 187 Å². The molecule has 0 bridgehead atoms. The van der Waals surface area contributed by atoms with Gasteiger partial charge in [0.15, 0.2) is 0 Å². The fourth-order valence-corrected chi connectivity index (χ4v) is 15.7. The predicted molar refractivity (Wildman–Crippen MR) is 431 cm³/mol. The van der Waals surface area contributed by atoms with Gasteiger partial charge in [-0.3, -0.25) is 24.5 Å². The summed E-state index contributed by atoms with van der Waals surface area (Å²) in [6.07, 6.45) is 15.1. The van der Waals surface area contributed by atoms with Crippen molar-refractivity contribution in [3.63, 3.8) is 0 Å².